The van der Waals surface area contributed by atoms with Crippen LogP contribution in [0.25, 0.3) is 0 Å². The summed E-state index contributed by atoms with van der Waals surface area (Å²) in [5, 5.41) is 2.74. The zero-order valence-corrected chi connectivity index (χ0v) is 10.0. The van der Waals surface area contributed by atoms with Crippen LogP contribution in [0.4, 0.5) is 5.69 Å². The zero-order valence-electron chi connectivity index (χ0n) is 9.23. The van der Waals surface area contributed by atoms with Crippen LogP contribution in [0.5, 0.6) is 5.75 Å². The normalized spacial score (nSPS) is 9.12. The van der Waals surface area contributed by atoms with Gasteiger partial charge in [-0.05, 0) is 19.1 Å². The molecule has 1 amide bonds. The van der Waals surface area contributed by atoms with Crippen molar-refractivity contribution in [2.75, 3.05) is 18.5 Å². The van der Waals surface area contributed by atoms with Gasteiger partial charge in [-0.15, -0.1) is 12.4 Å². The highest BCUT2D eigenvalue weighted by Gasteiger charge is 2.01. The highest BCUT2D eigenvalue weighted by Crippen LogP contribution is 2.17. The Morgan fingerprint density at radius 1 is 1.50 bits per heavy atom. The average molecular weight is 245 g/mol. The molecule has 0 saturated carbocycles. The number of ether oxygens (including phenoxy) is 1. The molecule has 0 spiro atoms. The third-order valence-corrected chi connectivity index (χ3v) is 1.80. The van der Waals surface area contributed by atoms with Crippen LogP contribution in [-0.4, -0.2) is 19.1 Å². The second-order valence-electron chi connectivity index (χ2n) is 3.05. The molecule has 0 aliphatic rings. The van der Waals surface area contributed by atoms with Gasteiger partial charge in [0.15, 0.2) is 0 Å². The van der Waals surface area contributed by atoms with Crippen molar-refractivity contribution < 1.29 is 9.53 Å². The fraction of sp³-hybridized carbons (Fsp3) is 0.364. The molecule has 1 aromatic rings. The Balaban J connectivity index is 0.00000225. The summed E-state index contributed by atoms with van der Waals surface area (Å²) >= 11 is 0. The van der Waals surface area contributed by atoms with Gasteiger partial charge in [0, 0.05) is 24.7 Å². The molecule has 1 aromatic carbocycles. The van der Waals surface area contributed by atoms with Crippen LogP contribution in [0.15, 0.2) is 24.3 Å². The van der Waals surface area contributed by atoms with E-state index in [1.165, 1.54) is 0 Å². The molecule has 90 valence electrons. The first-order valence-electron chi connectivity index (χ1n) is 4.99. The average Bonchev–Trinajstić information content (AvgIpc) is 2.19. The topological polar surface area (TPSA) is 64.3 Å². The Labute approximate surface area is 102 Å². The molecule has 0 saturated heterocycles. The van der Waals surface area contributed by atoms with Gasteiger partial charge in [-0.2, -0.15) is 0 Å². The Kier molecular flexibility index (Phi) is 7.33. The van der Waals surface area contributed by atoms with Crippen molar-refractivity contribution in [1.29, 1.82) is 0 Å². The van der Waals surface area contributed by atoms with Gasteiger partial charge in [0.05, 0.1) is 6.61 Å². The maximum atomic E-state index is 11.2. The summed E-state index contributed by atoms with van der Waals surface area (Å²) in [6.45, 7) is 2.89. The van der Waals surface area contributed by atoms with Crippen molar-refractivity contribution in [2.24, 2.45) is 5.73 Å². The number of carbonyl (C=O) groups is 1. The quantitative estimate of drug-likeness (QED) is 0.830. The number of nitrogens with two attached hydrogens (primary N) is 1. The van der Waals surface area contributed by atoms with Crippen LogP contribution >= 0.6 is 12.4 Å². The number of amides is 1. The third kappa shape index (κ3) is 5.00. The minimum absolute atomic E-state index is 0. The number of hydrogen-bond donors (Lipinski definition) is 2. The van der Waals surface area contributed by atoms with Gasteiger partial charge in [0.25, 0.3) is 0 Å². The van der Waals surface area contributed by atoms with Crippen LogP contribution in [-0.2, 0) is 4.79 Å². The molecular formula is C11H17ClN2O2. The van der Waals surface area contributed by atoms with Crippen LogP contribution in [0, 0.1) is 0 Å². The predicted molar refractivity (Wildman–Crippen MR) is 67.2 cm³/mol. The lowest BCUT2D eigenvalue weighted by Crippen LogP contribution is -2.16. The molecule has 0 aromatic heterocycles. The van der Waals surface area contributed by atoms with Crippen LogP contribution in [0.3, 0.4) is 0 Å². The summed E-state index contributed by atoms with van der Waals surface area (Å²) in [7, 11) is 0. The molecule has 0 aliphatic carbocycles. The van der Waals surface area contributed by atoms with Crippen molar-refractivity contribution in [3.05, 3.63) is 24.3 Å². The number of halogens is 1. The molecule has 0 radical (unpaired) electrons. The number of rotatable bonds is 5. The SMILES string of the molecule is CCOc1cccc(NC(=O)CCN)c1.Cl. The van der Waals surface area contributed by atoms with Crippen LogP contribution < -0.4 is 15.8 Å². The number of nitrogens with one attached hydrogen (secondary N) is 1. The van der Waals surface area contributed by atoms with Crippen LogP contribution in [0.2, 0.25) is 0 Å². The Morgan fingerprint density at radius 3 is 2.88 bits per heavy atom. The van der Waals surface area contributed by atoms with E-state index in [1.807, 2.05) is 25.1 Å². The summed E-state index contributed by atoms with van der Waals surface area (Å²) < 4.78 is 5.31. The molecule has 0 fully saturated rings. The first-order valence-corrected chi connectivity index (χ1v) is 4.99. The van der Waals surface area contributed by atoms with Crippen molar-refractivity contribution >= 4 is 24.0 Å². The minimum atomic E-state index is -0.0776. The minimum Gasteiger partial charge on any atom is -0.494 e. The zero-order chi connectivity index (χ0) is 11.1. The van der Waals surface area contributed by atoms with E-state index in [9.17, 15) is 4.79 Å². The third-order valence-electron chi connectivity index (χ3n) is 1.80. The maximum absolute atomic E-state index is 11.2. The van der Waals surface area contributed by atoms with Crippen LogP contribution in [0.1, 0.15) is 13.3 Å². The molecule has 0 unspecified atom stereocenters. The number of carbonyl (C=O) groups excluding carboxylic acids is 1. The molecule has 16 heavy (non-hydrogen) atoms. The number of anilines is 1. The Morgan fingerprint density at radius 2 is 2.25 bits per heavy atom. The fourth-order valence-corrected chi connectivity index (χ4v) is 1.18. The standard InChI is InChI=1S/C11H16N2O2.ClH/c1-2-15-10-5-3-4-9(8-10)13-11(14)6-7-12;/h3-5,8H,2,6-7,12H2,1H3,(H,13,14);1H. The summed E-state index contributed by atoms with van der Waals surface area (Å²) in [5.41, 5.74) is 6.01. The summed E-state index contributed by atoms with van der Waals surface area (Å²) in [4.78, 5) is 11.2. The van der Waals surface area contributed by atoms with E-state index in [1.54, 1.807) is 6.07 Å². The van der Waals surface area contributed by atoms with Gasteiger partial charge >= 0.3 is 0 Å². The monoisotopic (exact) mass is 244 g/mol. The number of benzene rings is 1. The van der Waals surface area contributed by atoms with E-state index in [4.69, 9.17) is 10.5 Å². The fourth-order valence-electron chi connectivity index (χ4n) is 1.18. The summed E-state index contributed by atoms with van der Waals surface area (Å²) in [6, 6.07) is 7.29. The van der Waals surface area contributed by atoms with Gasteiger partial charge in [0.1, 0.15) is 5.75 Å². The molecule has 3 N–H and O–H groups in total. The maximum Gasteiger partial charge on any atom is 0.225 e. The summed E-state index contributed by atoms with van der Waals surface area (Å²) in [5.74, 6) is 0.675. The van der Waals surface area contributed by atoms with Crippen molar-refractivity contribution in [3.8, 4) is 5.75 Å². The van der Waals surface area contributed by atoms with Gasteiger partial charge in [-0.3, -0.25) is 4.79 Å². The van der Waals surface area contributed by atoms with E-state index in [0.717, 1.165) is 11.4 Å². The van der Waals surface area contributed by atoms with Gasteiger partial charge in [0.2, 0.25) is 5.91 Å². The van der Waals surface area contributed by atoms with E-state index in [0.29, 0.717) is 19.6 Å². The second kappa shape index (κ2) is 7.96. The van der Waals surface area contributed by atoms with E-state index >= 15 is 0 Å². The van der Waals surface area contributed by atoms with Crippen molar-refractivity contribution in [1.82, 2.24) is 0 Å². The lowest BCUT2D eigenvalue weighted by molar-refractivity contribution is -0.116. The molecule has 0 aliphatic heterocycles. The molecular weight excluding hydrogens is 228 g/mol. The van der Waals surface area contributed by atoms with E-state index < -0.39 is 0 Å². The molecule has 4 nitrogen and oxygen atoms in total. The lowest BCUT2D eigenvalue weighted by atomic mass is 10.3. The molecule has 0 atom stereocenters. The Hall–Kier alpha value is -1.26. The van der Waals surface area contributed by atoms with Gasteiger partial charge in [-0.25, -0.2) is 0 Å². The van der Waals surface area contributed by atoms with Crippen molar-refractivity contribution in [2.45, 2.75) is 13.3 Å². The summed E-state index contributed by atoms with van der Waals surface area (Å²) in [6.07, 6.45) is 0.332. The van der Waals surface area contributed by atoms with E-state index in [-0.39, 0.29) is 18.3 Å². The molecule has 0 heterocycles. The van der Waals surface area contributed by atoms with Gasteiger partial charge < -0.3 is 15.8 Å². The molecule has 1 rings (SSSR count). The van der Waals surface area contributed by atoms with E-state index in [2.05, 4.69) is 5.32 Å². The van der Waals surface area contributed by atoms with Gasteiger partial charge in [-0.1, -0.05) is 6.07 Å². The largest absolute Gasteiger partial charge is 0.494 e. The smallest absolute Gasteiger partial charge is 0.225 e. The molecule has 5 heteroatoms. The van der Waals surface area contributed by atoms with Crippen molar-refractivity contribution in [3.63, 3.8) is 0 Å². The predicted octanol–water partition coefficient (Wildman–Crippen LogP) is 1.79. The Bertz CT molecular complexity index is 332. The second-order valence-corrected chi connectivity index (χ2v) is 3.05. The first kappa shape index (κ1) is 14.7. The highest BCUT2D eigenvalue weighted by molar-refractivity contribution is 5.90. The lowest BCUT2D eigenvalue weighted by Gasteiger charge is -2.07. The number of hydrogen-bond acceptors (Lipinski definition) is 3. The molecule has 0 bridgehead atoms. The first-order chi connectivity index (χ1) is 7.26. The highest BCUT2D eigenvalue weighted by atomic mass is 35.5.